The summed E-state index contributed by atoms with van der Waals surface area (Å²) < 4.78 is 16.2. The lowest BCUT2D eigenvalue weighted by Gasteiger charge is -2.30. The first-order valence-corrected chi connectivity index (χ1v) is 11.4. The molecule has 176 valence electrons. The van der Waals surface area contributed by atoms with E-state index in [1.807, 2.05) is 30.3 Å². The van der Waals surface area contributed by atoms with E-state index in [4.69, 9.17) is 14.2 Å². The second-order valence-corrected chi connectivity index (χ2v) is 8.70. The Kier molecular flexibility index (Phi) is 5.19. The normalized spacial score (nSPS) is 18.7. The summed E-state index contributed by atoms with van der Waals surface area (Å²) in [6, 6.07) is 18.4. The molecule has 0 spiro atoms. The molecule has 3 aromatic carbocycles. The molecule has 2 aliphatic heterocycles. The number of phenols is 1. The Morgan fingerprint density at radius 3 is 2.80 bits per heavy atom. The Balaban J connectivity index is 1.34. The van der Waals surface area contributed by atoms with Crippen LogP contribution in [0.2, 0.25) is 0 Å². The Morgan fingerprint density at radius 2 is 1.94 bits per heavy atom. The topological polar surface area (TPSA) is 92.8 Å². The first-order chi connectivity index (χ1) is 17.1. The van der Waals surface area contributed by atoms with Crippen molar-refractivity contribution in [2.24, 2.45) is 0 Å². The lowest BCUT2D eigenvalue weighted by molar-refractivity contribution is -0.116. The molecule has 2 unspecified atom stereocenters. The summed E-state index contributed by atoms with van der Waals surface area (Å²) >= 11 is 0. The highest BCUT2D eigenvalue weighted by atomic mass is 16.7. The molecule has 2 aliphatic rings. The monoisotopic (exact) mass is 468 g/mol. The third kappa shape index (κ3) is 3.80. The van der Waals surface area contributed by atoms with Gasteiger partial charge in [-0.1, -0.05) is 36.4 Å². The molecule has 0 saturated carbocycles. The fourth-order valence-electron chi connectivity index (χ4n) is 4.88. The number of H-pyrrole nitrogens is 1. The van der Waals surface area contributed by atoms with E-state index in [0.29, 0.717) is 23.5 Å². The molecule has 7 nitrogen and oxygen atoms in total. The highest BCUT2D eigenvalue weighted by Crippen LogP contribution is 2.39. The zero-order valence-electron chi connectivity index (χ0n) is 19.1. The van der Waals surface area contributed by atoms with Crippen LogP contribution in [0.3, 0.4) is 0 Å². The highest BCUT2D eigenvalue weighted by Gasteiger charge is 2.33. The van der Waals surface area contributed by atoms with Crippen molar-refractivity contribution in [3.63, 3.8) is 0 Å². The van der Waals surface area contributed by atoms with Crippen molar-refractivity contribution in [1.29, 1.82) is 0 Å². The number of phenolic OH excluding ortho intramolecular Hbond substituents is 1. The third-order valence-corrected chi connectivity index (χ3v) is 6.63. The molecule has 3 heterocycles. The van der Waals surface area contributed by atoms with Crippen molar-refractivity contribution in [3.8, 4) is 23.0 Å². The van der Waals surface area contributed by atoms with Crippen LogP contribution in [-0.2, 0) is 11.2 Å². The summed E-state index contributed by atoms with van der Waals surface area (Å²) in [6.07, 6.45) is 3.84. The Bertz CT molecular complexity index is 1470. The van der Waals surface area contributed by atoms with Gasteiger partial charge in [-0.15, -0.1) is 0 Å². The zero-order valence-corrected chi connectivity index (χ0v) is 19.1. The van der Waals surface area contributed by atoms with Crippen molar-refractivity contribution < 1.29 is 24.1 Å². The largest absolute Gasteiger partial charge is 0.504 e. The molecule has 1 aromatic heterocycles. The quantitative estimate of drug-likeness (QED) is 0.374. The SMILES string of the molecule is COc1ccc(C=CC(=O)C2Cc3c([nH]c4ccccc34)C(c3ccc4c(c3)OCO4)N2)cc1O. The maximum absolute atomic E-state index is 13.3. The van der Waals surface area contributed by atoms with Gasteiger partial charge in [0, 0.05) is 16.6 Å². The van der Waals surface area contributed by atoms with Gasteiger partial charge >= 0.3 is 0 Å². The van der Waals surface area contributed by atoms with Gasteiger partial charge < -0.3 is 24.3 Å². The van der Waals surface area contributed by atoms with Crippen molar-refractivity contribution >= 4 is 22.8 Å². The van der Waals surface area contributed by atoms with Crippen LogP contribution in [-0.4, -0.2) is 35.8 Å². The number of aromatic hydroxyl groups is 1. The standard InChI is InChI=1S/C28H24N2O5/c1-33-24-10-7-16(12-23(24)32)6-9-22(31)21-14-19-18-4-2-3-5-20(18)29-28(19)27(30-21)17-8-11-25-26(13-17)35-15-34-25/h2-13,21,27,29-30,32H,14-15H2,1H3. The number of rotatable bonds is 5. The van der Waals surface area contributed by atoms with Crippen LogP contribution < -0.4 is 19.5 Å². The Hall–Kier alpha value is -4.23. The van der Waals surface area contributed by atoms with Gasteiger partial charge in [0.05, 0.1) is 19.2 Å². The molecule has 2 atom stereocenters. The lowest BCUT2D eigenvalue weighted by atomic mass is 9.88. The van der Waals surface area contributed by atoms with Gasteiger partial charge in [0.2, 0.25) is 6.79 Å². The molecule has 0 aliphatic carbocycles. The van der Waals surface area contributed by atoms with E-state index in [0.717, 1.165) is 33.5 Å². The van der Waals surface area contributed by atoms with Gasteiger partial charge in [-0.05, 0) is 59.5 Å². The minimum atomic E-state index is -0.416. The molecule has 0 fully saturated rings. The molecule has 0 saturated heterocycles. The molecule has 0 amide bonds. The van der Waals surface area contributed by atoms with Crippen molar-refractivity contribution in [3.05, 3.63) is 89.1 Å². The van der Waals surface area contributed by atoms with Gasteiger partial charge in [0.15, 0.2) is 28.8 Å². The average molecular weight is 469 g/mol. The van der Waals surface area contributed by atoms with E-state index < -0.39 is 6.04 Å². The summed E-state index contributed by atoms with van der Waals surface area (Å²) in [4.78, 5) is 16.9. The number of hydrogen-bond donors (Lipinski definition) is 3. The molecule has 3 N–H and O–H groups in total. The van der Waals surface area contributed by atoms with Gasteiger partial charge in [-0.3, -0.25) is 10.1 Å². The number of nitrogens with one attached hydrogen (secondary N) is 2. The van der Waals surface area contributed by atoms with E-state index in [9.17, 15) is 9.90 Å². The molecule has 6 rings (SSSR count). The number of methoxy groups -OCH3 is 1. The summed E-state index contributed by atoms with van der Waals surface area (Å²) in [5, 5.41) is 14.7. The van der Waals surface area contributed by atoms with Crippen LogP contribution in [0.5, 0.6) is 23.0 Å². The fourth-order valence-corrected chi connectivity index (χ4v) is 4.88. The minimum absolute atomic E-state index is 0.0317. The maximum Gasteiger partial charge on any atom is 0.231 e. The summed E-state index contributed by atoms with van der Waals surface area (Å²) in [7, 11) is 1.50. The van der Waals surface area contributed by atoms with E-state index in [2.05, 4.69) is 22.4 Å². The second kappa shape index (κ2) is 8.52. The first-order valence-electron chi connectivity index (χ1n) is 11.4. The molecule has 7 heteroatoms. The van der Waals surface area contributed by atoms with E-state index >= 15 is 0 Å². The highest BCUT2D eigenvalue weighted by molar-refractivity contribution is 5.99. The number of carbonyl (C=O) groups is 1. The maximum atomic E-state index is 13.3. The number of ketones is 1. The average Bonchev–Trinajstić information content (AvgIpc) is 3.51. The summed E-state index contributed by atoms with van der Waals surface area (Å²) in [6.45, 7) is 0.210. The first kappa shape index (κ1) is 21.3. The van der Waals surface area contributed by atoms with Crippen LogP contribution in [0, 0.1) is 0 Å². The number of para-hydroxylation sites is 1. The lowest BCUT2D eigenvalue weighted by Crippen LogP contribution is -2.44. The smallest absolute Gasteiger partial charge is 0.231 e. The van der Waals surface area contributed by atoms with E-state index in [1.54, 1.807) is 30.4 Å². The van der Waals surface area contributed by atoms with Crippen LogP contribution in [0.15, 0.2) is 66.7 Å². The predicted octanol–water partition coefficient (Wildman–Crippen LogP) is 4.50. The number of aromatic nitrogens is 1. The summed E-state index contributed by atoms with van der Waals surface area (Å²) in [5.41, 5.74) is 4.94. The number of ether oxygens (including phenoxy) is 3. The molecule has 35 heavy (non-hydrogen) atoms. The van der Waals surface area contributed by atoms with Crippen molar-refractivity contribution in [2.75, 3.05) is 13.9 Å². The summed E-state index contributed by atoms with van der Waals surface area (Å²) in [5.74, 6) is 1.81. The van der Waals surface area contributed by atoms with Gasteiger partial charge in [-0.25, -0.2) is 0 Å². The van der Waals surface area contributed by atoms with Gasteiger partial charge in [-0.2, -0.15) is 0 Å². The van der Waals surface area contributed by atoms with Crippen molar-refractivity contribution in [2.45, 2.75) is 18.5 Å². The number of carbonyl (C=O) groups excluding carboxylic acids is 1. The number of benzene rings is 3. The number of hydrogen-bond acceptors (Lipinski definition) is 6. The van der Waals surface area contributed by atoms with E-state index in [-0.39, 0.29) is 24.4 Å². The second-order valence-electron chi connectivity index (χ2n) is 8.70. The van der Waals surface area contributed by atoms with Gasteiger partial charge in [0.1, 0.15) is 0 Å². The predicted molar refractivity (Wildman–Crippen MR) is 132 cm³/mol. The van der Waals surface area contributed by atoms with Crippen LogP contribution in [0.4, 0.5) is 0 Å². The minimum Gasteiger partial charge on any atom is -0.504 e. The fraction of sp³-hybridized carbons (Fsp3) is 0.179. The van der Waals surface area contributed by atoms with E-state index in [1.165, 1.54) is 7.11 Å². The molecule has 4 aromatic rings. The third-order valence-electron chi connectivity index (χ3n) is 6.63. The zero-order chi connectivity index (χ0) is 23.9. The van der Waals surface area contributed by atoms with Crippen LogP contribution in [0.1, 0.15) is 28.4 Å². The molecule has 0 bridgehead atoms. The van der Waals surface area contributed by atoms with Crippen molar-refractivity contribution in [1.82, 2.24) is 10.3 Å². The number of aromatic amines is 1. The Morgan fingerprint density at radius 1 is 1.09 bits per heavy atom. The van der Waals surface area contributed by atoms with Crippen LogP contribution >= 0.6 is 0 Å². The molecular weight excluding hydrogens is 444 g/mol. The van der Waals surface area contributed by atoms with Gasteiger partial charge in [0.25, 0.3) is 0 Å². The van der Waals surface area contributed by atoms with Crippen LogP contribution in [0.25, 0.3) is 17.0 Å². The molecular formula is C28H24N2O5. The Labute approximate surface area is 202 Å². The molecule has 0 radical (unpaired) electrons. The number of fused-ring (bicyclic) bond motifs is 4.